The third kappa shape index (κ3) is 22.8. The summed E-state index contributed by atoms with van der Waals surface area (Å²) in [6.07, 6.45) is 8.19. The summed E-state index contributed by atoms with van der Waals surface area (Å²) in [5.74, 6) is -0.174. The van der Waals surface area contributed by atoms with Gasteiger partial charge in [-0.25, -0.2) is 0 Å². The summed E-state index contributed by atoms with van der Waals surface area (Å²) in [7, 11) is -5.83. The Bertz CT molecular complexity index is 1390. The lowest BCUT2D eigenvalue weighted by Crippen LogP contribution is -2.54. The molecule has 4 unspecified atom stereocenters. The number of nitrogens with zero attached hydrogens (tertiary/aromatic N) is 1. The first kappa shape index (κ1) is 53.2. The van der Waals surface area contributed by atoms with Crippen LogP contribution in [-0.2, 0) is 33.2 Å². The van der Waals surface area contributed by atoms with Crippen LogP contribution in [0.5, 0.6) is 0 Å². The first-order valence-electron chi connectivity index (χ1n) is 18.7. The van der Waals surface area contributed by atoms with Crippen molar-refractivity contribution < 1.29 is 52.7 Å². The predicted molar refractivity (Wildman–Crippen MR) is 220 cm³/mol. The van der Waals surface area contributed by atoms with E-state index >= 15 is 0 Å². The van der Waals surface area contributed by atoms with Crippen molar-refractivity contribution in [2.75, 3.05) is 20.3 Å². The maximum absolute atomic E-state index is 13.0. The number of aryl methyl sites for hydroxylation is 1. The standard InChI is InChI=1S/C29H54N4O5.C7H8.C2H7NO6P2/c1-11-25(37-27(5,6)12-2)38-28(7,8)20-29(9,13-16-36-10)23(17-21(3)4)33-24(34)19-32-26(35)22-18-30-14-15-31-22;1-7-5-3-2-4-6-7;4-1-3-2(10(5)6)11(7,8)9/h14-15,18,21-23,25,31H,11-13,16-17,19-20H2,1-10H3,(H,32,35)(H,33,34);2-6H,1H3;1-2,5-6H,(H,3,4)(H2,7,8,9)/t22?,23?,25?,29-;;/m1../s1. The largest absolute Gasteiger partial charge is 0.385 e. The van der Waals surface area contributed by atoms with Crippen LogP contribution in [0.4, 0.5) is 0 Å². The number of carbonyl (C=O) groups is 3. The van der Waals surface area contributed by atoms with Crippen LogP contribution in [0, 0.1) is 18.3 Å². The number of aliphatic imine (C=N–C) groups is 1. The van der Waals surface area contributed by atoms with Gasteiger partial charge < -0.3 is 55.1 Å². The molecular formula is C38H69N5O11P2. The van der Waals surface area contributed by atoms with E-state index in [-0.39, 0.29) is 48.1 Å². The normalized spacial score (nSPS) is 16.8. The second-order valence-corrected chi connectivity index (χ2v) is 18.7. The van der Waals surface area contributed by atoms with Crippen LogP contribution < -0.4 is 21.3 Å². The molecule has 0 saturated carbocycles. The maximum Gasteiger partial charge on any atom is 0.356 e. The van der Waals surface area contributed by atoms with Crippen LogP contribution in [-0.4, -0.2) is 99.4 Å². The molecule has 0 bridgehead atoms. The highest BCUT2D eigenvalue weighted by atomic mass is 31.2. The van der Waals surface area contributed by atoms with Gasteiger partial charge in [0.15, 0.2) is 6.29 Å². The molecule has 0 saturated heterocycles. The molecule has 0 fully saturated rings. The Balaban J connectivity index is 0.00000136. The maximum atomic E-state index is 13.0. The Labute approximate surface area is 335 Å². The monoisotopic (exact) mass is 833 g/mol. The zero-order chi connectivity index (χ0) is 43.2. The molecule has 16 nitrogen and oxygen atoms in total. The van der Waals surface area contributed by atoms with Gasteiger partial charge in [-0.15, -0.1) is 0 Å². The third-order valence-electron chi connectivity index (χ3n) is 8.75. The number of hydrogen-bond donors (Lipinski definition) is 8. The van der Waals surface area contributed by atoms with E-state index in [4.69, 9.17) is 33.8 Å². The van der Waals surface area contributed by atoms with E-state index in [1.54, 1.807) is 24.8 Å². The molecule has 0 radical (unpaired) electrons. The smallest absolute Gasteiger partial charge is 0.356 e. The van der Waals surface area contributed by atoms with Gasteiger partial charge in [0.05, 0.1) is 17.7 Å². The Morgan fingerprint density at radius 3 is 2.07 bits per heavy atom. The zero-order valence-electron chi connectivity index (χ0n) is 35.0. The van der Waals surface area contributed by atoms with E-state index < -0.39 is 33.1 Å². The van der Waals surface area contributed by atoms with Gasteiger partial charge in [0, 0.05) is 38.4 Å². The first-order chi connectivity index (χ1) is 26.0. The summed E-state index contributed by atoms with van der Waals surface area (Å²) in [6, 6.07) is 9.53. The molecule has 56 heavy (non-hydrogen) atoms. The fourth-order valence-corrected chi connectivity index (χ4v) is 7.16. The van der Waals surface area contributed by atoms with Crippen LogP contribution in [0.15, 0.2) is 47.7 Å². The average molecular weight is 834 g/mol. The molecule has 0 spiro atoms. The Morgan fingerprint density at radius 2 is 1.66 bits per heavy atom. The molecule has 1 aromatic rings. The lowest BCUT2D eigenvalue weighted by molar-refractivity contribution is -0.249. The quantitative estimate of drug-likeness (QED) is 0.0447. The Morgan fingerprint density at radius 1 is 1.05 bits per heavy atom. The number of ether oxygens (including phenoxy) is 3. The van der Waals surface area contributed by atoms with Gasteiger partial charge >= 0.3 is 7.60 Å². The average Bonchev–Trinajstić information content (AvgIpc) is 3.11. The molecule has 8 N–H and O–H groups in total. The van der Waals surface area contributed by atoms with E-state index in [2.05, 4.69) is 102 Å². The highest BCUT2D eigenvalue weighted by molar-refractivity contribution is 7.67. The summed E-state index contributed by atoms with van der Waals surface area (Å²) >= 11 is 0. The van der Waals surface area contributed by atoms with Gasteiger partial charge in [-0.3, -0.25) is 23.9 Å². The third-order valence-corrected chi connectivity index (χ3v) is 11.6. The molecule has 2 rings (SSSR count). The molecule has 18 heteroatoms. The summed E-state index contributed by atoms with van der Waals surface area (Å²) in [6.45, 7) is 21.5. The zero-order valence-corrected chi connectivity index (χ0v) is 36.8. The number of rotatable bonds is 22. The Hall–Kier alpha value is -2.78. The molecule has 1 aliphatic rings. The van der Waals surface area contributed by atoms with Gasteiger partial charge in [0.1, 0.15) is 6.04 Å². The van der Waals surface area contributed by atoms with Crippen LogP contribution in [0.1, 0.15) is 100.0 Å². The highest BCUT2D eigenvalue weighted by Gasteiger charge is 2.42. The van der Waals surface area contributed by atoms with Crippen molar-refractivity contribution in [3.63, 3.8) is 0 Å². The fraction of sp³-hybridized carbons (Fsp3) is 0.684. The predicted octanol–water partition coefficient (Wildman–Crippen LogP) is 4.80. The van der Waals surface area contributed by atoms with Crippen molar-refractivity contribution in [1.82, 2.24) is 21.3 Å². The minimum atomic E-state index is -4.66. The number of benzene rings is 1. The van der Waals surface area contributed by atoms with Crippen LogP contribution >= 0.6 is 16.0 Å². The molecule has 1 aliphatic heterocycles. The minimum absolute atomic E-state index is 0.00840. The number of amides is 3. The molecule has 1 heterocycles. The van der Waals surface area contributed by atoms with Crippen molar-refractivity contribution in [2.45, 2.75) is 136 Å². The molecule has 0 aromatic heterocycles. The van der Waals surface area contributed by atoms with Crippen molar-refractivity contribution in [2.24, 2.45) is 16.3 Å². The van der Waals surface area contributed by atoms with E-state index in [0.29, 0.717) is 18.9 Å². The van der Waals surface area contributed by atoms with Gasteiger partial charge in [-0.2, -0.15) is 0 Å². The van der Waals surface area contributed by atoms with Crippen LogP contribution in [0.3, 0.4) is 0 Å². The molecule has 0 aliphatic carbocycles. The van der Waals surface area contributed by atoms with Gasteiger partial charge in [-0.05, 0) is 78.1 Å². The van der Waals surface area contributed by atoms with Crippen molar-refractivity contribution in [3.8, 4) is 0 Å². The number of hydrogen-bond acceptors (Lipinski definition) is 11. The molecule has 5 atom stereocenters. The van der Waals surface area contributed by atoms with Crippen molar-refractivity contribution >= 4 is 40.4 Å². The molecule has 1 aromatic carbocycles. The second-order valence-electron chi connectivity index (χ2n) is 15.5. The van der Waals surface area contributed by atoms with Gasteiger partial charge in [0.25, 0.3) is 0 Å². The number of carbonyl (C=O) groups excluding carboxylic acids is 3. The highest BCUT2D eigenvalue weighted by Crippen LogP contribution is 2.53. The summed E-state index contributed by atoms with van der Waals surface area (Å²) < 4.78 is 28.6. The molecule has 3 amide bonds. The molecule has 322 valence electrons. The summed E-state index contributed by atoms with van der Waals surface area (Å²) in [4.78, 5) is 72.6. The lowest BCUT2D eigenvalue weighted by atomic mass is 9.69. The Kier molecular flexibility index (Phi) is 25.0. The number of nitrogens with one attached hydrogen (secondary N) is 4. The first-order valence-corrected chi connectivity index (χ1v) is 21.7. The van der Waals surface area contributed by atoms with E-state index in [1.807, 2.05) is 18.2 Å². The van der Waals surface area contributed by atoms with Crippen LogP contribution in [0.2, 0.25) is 0 Å². The van der Waals surface area contributed by atoms with Crippen molar-refractivity contribution in [1.29, 1.82) is 0 Å². The second kappa shape index (κ2) is 26.3. The van der Waals surface area contributed by atoms with E-state index in [1.165, 1.54) is 11.8 Å². The SMILES string of the molecule is CCC(OC(C)(C)CC)OC(C)(C)C[C@@](C)(CCOC)C(CC(C)C)NC(=O)CNC(=O)C1C=NC=CN1.Cc1ccccc1.O=CNC(P(O)O)P(=O)(O)O. The topological polar surface area (TPSA) is 237 Å². The van der Waals surface area contributed by atoms with Gasteiger partial charge in [-0.1, -0.05) is 70.5 Å². The van der Waals surface area contributed by atoms with E-state index in [0.717, 1.165) is 25.7 Å². The lowest BCUT2D eigenvalue weighted by Gasteiger charge is -2.45. The van der Waals surface area contributed by atoms with Crippen LogP contribution in [0.25, 0.3) is 0 Å². The summed E-state index contributed by atoms with van der Waals surface area (Å²) in [5.41, 5.74) is -1.69. The fourth-order valence-electron chi connectivity index (χ4n) is 5.64. The number of methoxy groups -OCH3 is 1. The van der Waals surface area contributed by atoms with Crippen molar-refractivity contribution in [3.05, 3.63) is 48.3 Å². The molecular weight excluding hydrogens is 764 g/mol. The van der Waals surface area contributed by atoms with Gasteiger partial charge in [0.2, 0.25) is 32.1 Å². The summed E-state index contributed by atoms with van der Waals surface area (Å²) in [5, 5.41) is 10.5. The minimum Gasteiger partial charge on any atom is -0.385 e. The van der Waals surface area contributed by atoms with E-state index in [9.17, 15) is 18.9 Å².